The van der Waals surface area contributed by atoms with Crippen molar-refractivity contribution in [3.63, 3.8) is 0 Å². The van der Waals surface area contributed by atoms with E-state index in [4.69, 9.17) is 5.73 Å². The van der Waals surface area contributed by atoms with Crippen LogP contribution in [0, 0.1) is 11.8 Å². The summed E-state index contributed by atoms with van der Waals surface area (Å²) in [7, 11) is 0. The molecule has 2 rings (SSSR count). The summed E-state index contributed by atoms with van der Waals surface area (Å²) in [6.07, 6.45) is 10.8. The van der Waals surface area contributed by atoms with E-state index in [2.05, 4.69) is 12.2 Å². The molecule has 0 unspecified atom stereocenters. The molecule has 16 heavy (non-hydrogen) atoms. The smallest absolute Gasteiger partial charge is 0.00683 e. The molecule has 2 aliphatic carbocycles. The average Bonchev–Trinajstić information content (AvgIpc) is 2.30. The van der Waals surface area contributed by atoms with Gasteiger partial charge < -0.3 is 11.1 Å². The van der Waals surface area contributed by atoms with Crippen molar-refractivity contribution >= 4 is 0 Å². The Balaban J connectivity index is 1.60. The van der Waals surface area contributed by atoms with Gasteiger partial charge in [0.05, 0.1) is 0 Å². The van der Waals surface area contributed by atoms with Crippen LogP contribution in [0.3, 0.4) is 0 Å². The topological polar surface area (TPSA) is 38.0 Å². The Morgan fingerprint density at radius 3 is 2.19 bits per heavy atom. The van der Waals surface area contributed by atoms with Gasteiger partial charge in [0.2, 0.25) is 0 Å². The van der Waals surface area contributed by atoms with Gasteiger partial charge in [0.25, 0.3) is 0 Å². The Hall–Kier alpha value is -0.0800. The van der Waals surface area contributed by atoms with E-state index in [1.54, 1.807) is 0 Å². The second-order valence-electron chi connectivity index (χ2n) is 6.15. The van der Waals surface area contributed by atoms with Crippen molar-refractivity contribution in [1.29, 1.82) is 0 Å². The predicted octanol–water partition coefficient (Wildman–Crippen LogP) is 2.67. The highest BCUT2D eigenvalue weighted by Gasteiger charge is 2.21. The predicted molar refractivity (Wildman–Crippen MR) is 69.4 cm³/mol. The van der Waals surface area contributed by atoms with Gasteiger partial charge in [-0.15, -0.1) is 0 Å². The standard InChI is InChI=1S/C14H28N2/c1-11-2-4-12(5-3-11)10-16-14-8-6-13(15)7-9-14/h11-14,16H,2-10,15H2,1H3. The molecule has 2 nitrogen and oxygen atoms in total. The van der Waals surface area contributed by atoms with Crippen molar-refractivity contribution in [3.8, 4) is 0 Å². The lowest BCUT2D eigenvalue weighted by atomic mass is 9.82. The van der Waals surface area contributed by atoms with Crippen LogP contribution >= 0.6 is 0 Å². The summed E-state index contributed by atoms with van der Waals surface area (Å²) >= 11 is 0. The first kappa shape index (κ1) is 12.4. The van der Waals surface area contributed by atoms with Crippen molar-refractivity contribution < 1.29 is 0 Å². The van der Waals surface area contributed by atoms with Crippen LogP contribution in [0.25, 0.3) is 0 Å². The van der Waals surface area contributed by atoms with Gasteiger partial charge in [-0.05, 0) is 56.9 Å². The molecule has 0 bridgehead atoms. The molecule has 94 valence electrons. The van der Waals surface area contributed by atoms with Crippen LogP contribution in [0.5, 0.6) is 0 Å². The molecule has 0 spiro atoms. The summed E-state index contributed by atoms with van der Waals surface area (Å²) < 4.78 is 0. The summed E-state index contributed by atoms with van der Waals surface area (Å²) in [5, 5.41) is 3.77. The highest BCUT2D eigenvalue weighted by atomic mass is 14.9. The number of hydrogen-bond acceptors (Lipinski definition) is 2. The quantitative estimate of drug-likeness (QED) is 0.773. The number of hydrogen-bond donors (Lipinski definition) is 2. The molecule has 0 saturated heterocycles. The third-order valence-electron chi connectivity index (χ3n) is 4.60. The van der Waals surface area contributed by atoms with Crippen LogP contribution in [-0.4, -0.2) is 18.6 Å². The van der Waals surface area contributed by atoms with Crippen LogP contribution in [0.15, 0.2) is 0 Å². The lowest BCUT2D eigenvalue weighted by molar-refractivity contribution is 0.258. The van der Waals surface area contributed by atoms with Crippen LogP contribution < -0.4 is 11.1 Å². The molecule has 2 aliphatic rings. The van der Waals surface area contributed by atoms with Crippen LogP contribution in [0.2, 0.25) is 0 Å². The van der Waals surface area contributed by atoms with Gasteiger partial charge in [-0.25, -0.2) is 0 Å². The molecule has 2 saturated carbocycles. The van der Waals surface area contributed by atoms with Gasteiger partial charge >= 0.3 is 0 Å². The van der Waals surface area contributed by atoms with E-state index < -0.39 is 0 Å². The van der Waals surface area contributed by atoms with Gasteiger partial charge in [0, 0.05) is 12.1 Å². The number of nitrogens with two attached hydrogens (primary N) is 1. The van der Waals surface area contributed by atoms with Crippen molar-refractivity contribution in [3.05, 3.63) is 0 Å². The monoisotopic (exact) mass is 224 g/mol. The first-order valence-corrected chi connectivity index (χ1v) is 7.23. The molecule has 0 atom stereocenters. The van der Waals surface area contributed by atoms with E-state index in [0.717, 1.165) is 17.9 Å². The second kappa shape index (κ2) is 6.02. The molecular weight excluding hydrogens is 196 g/mol. The van der Waals surface area contributed by atoms with Gasteiger partial charge in [-0.1, -0.05) is 19.8 Å². The first-order chi connectivity index (χ1) is 7.74. The lowest BCUT2D eigenvalue weighted by Crippen LogP contribution is -2.39. The molecule has 0 radical (unpaired) electrons. The minimum Gasteiger partial charge on any atom is -0.328 e. The summed E-state index contributed by atoms with van der Waals surface area (Å²) in [6, 6.07) is 1.24. The van der Waals surface area contributed by atoms with Crippen LogP contribution in [0.4, 0.5) is 0 Å². The Morgan fingerprint density at radius 2 is 1.56 bits per heavy atom. The third kappa shape index (κ3) is 3.74. The third-order valence-corrected chi connectivity index (χ3v) is 4.60. The summed E-state index contributed by atoms with van der Waals surface area (Å²) in [4.78, 5) is 0. The molecule has 0 aromatic heterocycles. The van der Waals surface area contributed by atoms with Gasteiger partial charge in [-0.3, -0.25) is 0 Å². The average molecular weight is 224 g/mol. The SMILES string of the molecule is CC1CCC(CNC2CCC(N)CC2)CC1. The molecule has 3 N–H and O–H groups in total. The minimum atomic E-state index is 0.480. The van der Waals surface area contributed by atoms with Crippen molar-refractivity contribution in [2.45, 2.75) is 70.4 Å². The van der Waals surface area contributed by atoms with E-state index in [-0.39, 0.29) is 0 Å². The maximum atomic E-state index is 5.92. The Bertz CT molecular complexity index is 167. The van der Waals surface area contributed by atoms with E-state index >= 15 is 0 Å². The minimum absolute atomic E-state index is 0.480. The fourth-order valence-electron chi connectivity index (χ4n) is 3.19. The zero-order valence-electron chi connectivity index (χ0n) is 10.8. The second-order valence-corrected chi connectivity index (χ2v) is 6.15. The maximum absolute atomic E-state index is 5.92. The molecule has 2 fully saturated rings. The fourth-order valence-corrected chi connectivity index (χ4v) is 3.19. The summed E-state index contributed by atoms with van der Waals surface area (Å²) in [5.41, 5.74) is 5.92. The van der Waals surface area contributed by atoms with Gasteiger partial charge in [0.15, 0.2) is 0 Å². The van der Waals surface area contributed by atoms with Crippen LogP contribution in [0.1, 0.15) is 58.3 Å². The zero-order chi connectivity index (χ0) is 11.4. The molecular formula is C14H28N2. The Labute approximate surface area is 100 Å². The highest BCUT2D eigenvalue weighted by molar-refractivity contribution is 4.80. The normalized spacial score (nSPS) is 40.9. The van der Waals surface area contributed by atoms with Gasteiger partial charge in [0.1, 0.15) is 0 Å². The largest absolute Gasteiger partial charge is 0.328 e. The summed E-state index contributed by atoms with van der Waals surface area (Å²) in [5.74, 6) is 1.93. The molecule has 0 aliphatic heterocycles. The highest BCUT2D eigenvalue weighted by Crippen LogP contribution is 2.28. The maximum Gasteiger partial charge on any atom is 0.00683 e. The van der Waals surface area contributed by atoms with Gasteiger partial charge in [-0.2, -0.15) is 0 Å². The van der Waals surface area contributed by atoms with Crippen molar-refractivity contribution in [2.75, 3.05) is 6.54 Å². The number of rotatable bonds is 3. The van der Waals surface area contributed by atoms with Crippen molar-refractivity contribution in [1.82, 2.24) is 5.32 Å². The molecule has 2 heteroatoms. The lowest BCUT2D eigenvalue weighted by Gasteiger charge is -2.31. The Kier molecular flexibility index (Phi) is 4.66. The number of nitrogens with one attached hydrogen (secondary N) is 1. The van der Waals surface area contributed by atoms with Crippen LogP contribution in [-0.2, 0) is 0 Å². The first-order valence-electron chi connectivity index (χ1n) is 7.23. The van der Waals surface area contributed by atoms with E-state index in [0.29, 0.717) is 6.04 Å². The molecule has 0 heterocycles. The molecule has 0 aromatic rings. The van der Waals surface area contributed by atoms with E-state index in [9.17, 15) is 0 Å². The molecule has 0 aromatic carbocycles. The fraction of sp³-hybridized carbons (Fsp3) is 1.00. The van der Waals surface area contributed by atoms with E-state index in [1.807, 2.05) is 0 Å². The molecule has 0 amide bonds. The van der Waals surface area contributed by atoms with E-state index in [1.165, 1.54) is 57.9 Å². The Morgan fingerprint density at radius 1 is 0.938 bits per heavy atom. The van der Waals surface area contributed by atoms with Crippen molar-refractivity contribution in [2.24, 2.45) is 17.6 Å². The zero-order valence-corrected chi connectivity index (χ0v) is 10.8. The summed E-state index contributed by atoms with van der Waals surface area (Å²) in [6.45, 7) is 3.65.